The molecule has 0 saturated carbocycles. The molecule has 1 aliphatic heterocycles. The van der Waals surface area contributed by atoms with Gasteiger partial charge in [0.1, 0.15) is 5.60 Å². The summed E-state index contributed by atoms with van der Waals surface area (Å²) in [7, 11) is 4.11. The first kappa shape index (κ1) is 12.9. The molecule has 1 heterocycles. The van der Waals surface area contributed by atoms with Gasteiger partial charge >= 0.3 is 0 Å². The average Bonchev–Trinajstić information content (AvgIpc) is 2.96. The summed E-state index contributed by atoms with van der Waals surface area (Å²) in [6.07, 6.45) is 2.23. The zero-order valence-corrected chi connectivity index (χ0v) is 11.9. The molecule has 2 aromatic rings. The Morgan fingerprint density at radius 1 is 0.850 bits per heavy atom. The number of ether oxygens (including phenoxy) is 1. The normalized spacial score (nSPS) is 16.8. The lowest BCUT2D eigenvalue weighted by Gasteiger charge is -2.28. The van der Waals surface area contributed by atoms with E-state index in [1.807, 2.05) is 12.1 Å². The van der Waals surface area contributed by atoms with Gasteiger partial charge in [-0.3, -0.25) is 0 Å². The molecule has 0 fully saturated rings. The van der Waals surface area contributed by atoms with E-state index in [4.69, 9.17) is 4.74 Å². The third-order valence-electron chi connectivity index (χ3n) is 3.80. The summed E-state index contributed by atoms with van der Waals surface area (Å²) in [6.45, 7) is 0.636. The lowest BCUT2D eigenvalue weighted by atomic mass is 9.86. The van der Waals surface area contributed by atoms with E-state index in [2.05, 4.69) is 73.6 Å². The van der Waals surface area contributed by atoms with E-state index in [9.17, 15) is 0 Å². The molecular weight excluding hydrogens is 246 g/mol. The van der Waals surface area contributed by atoms with Gasteiger partial charge in [0.2, 0.25) is 0 Å². The molecular formula is C18H19NO. The van der Waals surface area contributed by atoms with Crippen LogP contribution in [0.15, 0.2) is 72.4 Å². The minimum absolute atomic E-state index is 0.470. The molecule has 20 heavy (non-hydrogen) atoms. The van der Waals surface area contributed by atoms with Crippen molar-refractivity contribution in [1.82, 2.24) is 4.90 Å². The molecule has 0 radical (unpaired) electrons. The van der Waals surface area contributed by atoms with Crippen molar-refractivity contribution >= 4 is 0 Å². The van der Waals surface area contributed by atoms with E-state index in [0.29, 0.717) is 6.61 Å². The highest BCUT2D eigenvalue weighted by molar-refractivity contribution is 5.44. The van der Waals surface area contributed by atoms with Gasteiger partial charge in [-0.1, -0.05) is 60.7 Å². The van der Waals surface area contributed by atoms with Gasteiger partial charge in [0.25, 0.3) is 0 Å². The topological polar surface area (TPSA) is 12.5 Å². The highest BCUT2D eigenvalue weighted by Crippen LogP contribution is 2.40. The van der Waals surface area contributed by atoms with Crippen LogP contribution < -0.4 is 0 Å². The molecule has 2 aromatic carbocycles. The van der Waals surface area contributed by atoms with Crippen molar-refractivity contribution < 1.29 is 4.74 Å². The summed E-state index contributed by atoms with van der Waals surface area (Å²) < 4.78 is 6.25. The minimum atomic E-state index is -0.470. The Morgan fingerprint density at radius 3 is 1.75 bits per heavy atom. The van der Waals surface area contributed by atoms with Crippen LogP contribution in [-0.4, -0.2) is 25.6 Å². The van der Waals surface area contributed by atoms with Crippen molar-refractivity contribution in [3.63, 3.8) is 0 Å². The van der Waals surface area contributed by atoms with Gasteiger partial charge in [0.15, 0.2) is 0 Å². The number of rotatable bonds is 3. The van der Waals surface area contributed by atoms with Gasteiger partial charge in [-0.2, -0.15) is 0 Å². The standard InChI is InChI=1S/C18H19NO/c1-19(2)17-13-18(20-14-17,15-9-5-3-6-10-15)16-11-7-4-8-12-16/h3-13H,14H2,1-2H3. The Bertz CT molecular complexity index is 562. The van der Waals surface area contributed by atoms with E-state index >= 15 is 0 Å². The first-order valence-electron chi connectivity index (χ1n) is 6.86. The second kappa shape index (κ2) is 5.14. The van der Waals surface area contributed by atoms with E-state index < -0.39 is 5.60 Å². The Morgan fingerprint density at radius 2 is 1.35 bits per heavy atom. The summed E-state index contributed by atoms with van der Waals surface area (Å²) in [5, 5.41) is 0. The molecule has 0 atom stereocenters. The minimum Gasteiger partial charge on any atom is -0.379 e. The number of nitrogens with zero attached hydrogens (tertiary/aromatic N) is 1. The molecule has 0 unspecified atom stereocenters. The molecule has 0 aromatic heterocycles. The van der Waals surface area contributed by atoms with Crippen LogP contribution in [0.1, 0.15) is 11.1 Å². The molecule has 0 amide bonds. The average molecular weight is 265 g/mol. The number of hydrogen-bond donors (Lipinski definition) is 0. The van der Waals surface area contributed by atoms with Gasteiger partial charge in [-0.15, -0.1) is 0 Å². The fourth-order valence-electron chi connectivity index (χ4n) is 2.64. The smallest absolute Gasteiger partial charge is 0.139 e. The predicted molar refractivity (Wildman–Crippen MR) is 81.4 cm³/mol. The summed E-state index contributed by atoms with van der Waals surface area (Å²) in [5.74, 6) is 0. The van der Waals surface area contributed by atoms with Crippen LogP contribution in [0.5, 0.6) is 0 Å². The maximum atomic E-state index is 6.25. The maximum Gasteiger partial charge on any atom is 0.139 e. The van der Waals surface area contributed by atoms with Crippen LogP contribution in [-0.2, 0) is 10.3 Å². The summed E-state index contributed by atoms with van der Waals surface area (Å²) >= 11 is 0. The first-order valence-corrected chi connectivity index (χ1v) is 6.86. The van der Waals surface area contributed by atoms with Crippen molar-refractivity contribution in [1.29, 1.82) is 0 Å². The summed E-state index contributed by atoms with van der Waals surface area (Å²) in [5.41, 5.74) is 3.08. The lowest BCUT2D eigenvalue weighted by Crippen LogP contribution is -2.25. The van der Waals surface area contributed by atoms with Gasteiger partial charge in [-0.25, -0.2) is 0 Å². The Hall–Kier alpha value is -2.06. The Balaban J connectivity index is 2.15. The van der Waals surface area contributed by atoms with E-state index in [1.165, 1.54) is 16.8 Å². The molecule has 0 aliphatic carbocycles. The predicted octanol–water partition coefficient (Wildman–Crippen LogP) is 3.41. The SMILES string of the molecule is CN(C)C1=CC(c2ccccc2)(c2ccccc2)OC1. The number of benzene rings is 2. The molecule has 0 bridgehead atoms. The molecule has 2 nitrogen and oxygen atoms in total. The van der Waals surface area contributed by atoms with Crippen LogP contribution in [0.3, 0.4) is 0 Å². The van der Waals surface area contributed by atoms with Crippen molar-refractivity contribution in [3.05, 3.63) is 83.6 Å². The second-order valence-corrected chi connectivity index (χ2v) is 5.29. The maximum absolute atomic E-state index is 6.25. The summed E-state index contributed by atoms with van der Waals surface area (Å²) in [4.78, 5) is 2.12. The largest absolute Gasteiger partial charge is 0.379 e. The highest BCUT2D eigenvalue weighted by atomic mass is 16.5. The zero-order chi connectivity index (χ0) is 14.0. The van der Waals surface area contributed by atoms with Crippen molar-refractivity contribution in [2.45, 2.75) is 5.60 Å². The highest BCUT2D eigenvalue weighted by Gasteiger charge is 2.38. The molecule has 3 rings (SSSR count). The first-order chi connectivity index (χ1) is 9.72. The molecule has 1 aliphatic rings. The van der Waals surface area contributed by atoms with Gasteiger partial charge in [0.05, 0.1) is 6.61 Å². The van der Waals surface area contributed by atoms with Crippen molar-refractivity contribution in [3.8, 4) is 0 Å². The fraction of sp³-hybridized carbons (Fsp3) is 0.222. The van der Waals surface area contributed by atoms with Gasteiger partial charge < -0.3 is 9.64 Å². The van der Waals surface area contributed by atoms with Gasteiger partial charge in [0, 0.05) is 19.8 Å². The van der Waals surface area contributed by atoms with Crippen LogP contribution >= 0.6 is 0 Å². The third kappa shape index (κ3) is 2.12. The van der Waals surface area contributed by atoms with Crippen LogP contribution in [0.2, 0.25) is 0 Å². The quantitative estimate of drug-likeness (QED) is 0.843. The molecule has 2 heteroatoms. The van der Waals surface area contributed by atoms with E-state index in [1.54, 1.807) is 0 Å². The van der Waals surface area contributed by atoms with E-state index in [0.717, 1.165) is 0 Å². The van der Waals surface area contributed by atoms with Gasteiger partial charge in [-0.05, 0) is 17.2 Å². The van der Waals surface area contributed by atoms with E-state index in [-0.39, 0.29) is 0 Å². The fourth-order valence-corrected chi connectivity index (χ4v) is 2.64. The molecule has 0 spiro atoms. The number of likely N-dealkylation sites (N-methyl/N-ethyl adjacent to an activating group) is 1. The lowest BCUT2D eigenvalue weighted by molar-refractivity contribution is 0.0515. The molecule has 102 valence electrons. The second-order valence-electron chi connectivity index (χ2n) is 5.29. The van der Waals surface area contributed by atoms with Crippen molar-refractivity contribution in [2.24, 2.45) is 0 Å². The molecule has 0 N–H and O–H groups in total. The Labute approximate surface area is 120 Å². The summed E-state index contributed by atoms with van der Waals surface area (Å²) in [6, 6.07) is 20.8. The van der Waals surface area contributed by atoms with Crippen molar-refractivity contribution in [2.75, 3.05) is 20.7 Å². The van der Waals surface area contributed by atoms with Crippen LogP contribution in [0.25, 0.3) is 0 Å². The zero-order valence-electron chi connectivity index (χ0n) is 11.9. The van der Waals surface area contributed by atoms with Crippen LogP contribution in [0.4, 0.5) is 0 Å². The van der Waals surface area contributed by atoms with Crippen LogP contribution in [0, 0.1) is 0 Å². The third-order valence-corrected chi connectivity index (χ3v) is 3.80. The molecule has 0 saturated heterocycles. The monoisotopic (exact) mass is 265 g/mol. The Kier molecular flexibility index (Phi) is 3.33. The number of hydrogen-bond acceptors (Lipinski definition) is 2.